The van der Waals surface area contributed by atoms with Crippen LogP contribution in [0.5, 0.6) is 0 Å². The van der Waals surface area contributed by atoms with Crippen LogP contribution in [0.3, 0.4) is 0 Å². The number of hydrogen-bond acceptors (Lipinski definition) is 3. The normalized spacial score (nSPS) is 15.3. The Bertz CT molecular complexity index is 912. The first kappa shape index (κ1) is 17.8. The minimum Gasteiger partial charge on any atom is -0.312 e. The summed E-state index contributed by atoms with van der Waals surface area (Å²) in [5, 5.41) is 0.161. The minimum atomic E-state index is -3.80. The minimum absolute atomic E-state index is 0.0211. The summed E-state index contributed by atoms with van der Waals surface area (Å²) in [7, 11) is -3.80. The van der Waals surface area contributed by atoms with Crippen LogP contribution in [0.15, 0.2) is 47.4 Å². The van der Waals surface area contributed by atoms with Gasteiger partial charge in [-0.1, -0.05) is 29.8 Å². The standard InChI is InChI=1S/C18H19ClN2O3S/c1-13-9-10-14(12-16(13)21-11-5-4-8-18(21)22)20-25(23,24)17-7-3-2-6-15(17)19/h2-3,6-7,9-10,12,20H,4-5,8,11H2,1H3. The van der Waals surface area contributed by atoms with Crippen LogP contribution < -0.4 is 9.62 Å². The molecule has 1 amide bonds. The molecule has 0 aliphatic carbocycles. The molecule has 25 heavy (non-hydrogen) atoms. The van der Waals surface area contributed by atoms with Gasteiger partial charge in [-0.05, 0) is 49.6 Å². The number of halogens is 1. The van der Waals surface area contributed by atoms with Crippen molar-refractivity contribution in [3.63, 3.8) is 0 Å². The van der Waals surface area contributed by atoms with Gasteiger partial charge < -0.3 is 4.90 Å². The first-order chi connectivity index (χ1) is 11.9. The number of rotatable bonds is 4. The van der Waals surface area contributed by atoms with Gasteiger partial charge in [-0.2, -0.15) is 0 Å². The lowest BCUT2D eigenvalue weighted by Gasteiger charge is -2.28. The highest BCUT2D eigenvalue weighted by atomic mass is 35.5. The number of carbonyl (C=O) groups excluding carboxylic acids is 1. The maximum atomic E-state index is 12.6. The molecule has 132 valence electrons. The van der Waals surface area contributed by atoms with E-state index in [1.54, 1.807) is 29.2 Å². The van der Waals surface area contributed by atoms with E-state index in [1.165, 1.54) is 12.1 Å². The monoisotopic (exact) mass is 378 g/mol. The summed E-state index contributed by atoms with van der Waals surface area (Å²) in [5.41, 5.74) is 2.07. The Balaban J connectivity index is 1.92. The molecule has 5 nitrogen and oxygen atoms in total. The topological polar surface area (TPSA) is 66.5 Å². The number of benzene rings is 2. The Morgan fingerprint density at radius 3 is 2.60 bits per heavy atom. The molecule has 3 rings (SSSR count). The van der Waals surface area contributed by atoms with Gasteiger partial charge in [0.1, 0.15) is 4.90 Å². The summed E-state index contributed by atoms with van der Waals surface area (Å²) in [4.78, 5) is 13.9. The van der Waals surface area contributed by atoms with Crippen molar-refractivity contribution in [2.45, 2.75) is 31.1 Å². The molecule has 0 aromatic heterocycles. The molecule has 1 saturated heterocycles. The van der Waals surface area contributed by atoms with E-state index >= 15 is 0 Å². The van der Waals surface area contributed by atoms with Crippen LogP contribution in [0.1, 0.15) is 24.8 Å². The van der Waals surface area contributed by atoms with Gasteiger partial charge in [0.25, 0.3) is 10.0 Å². The number of carbonyl (C=O) groups is 1. The Labute approximate surface area is 152 Å². The zero-order valence-electron chi connectivity index (χ0n) is 13.8. The number of hydrogen-bond donors (Lipinski definition) is 1. The van der Waals surface area contributed by atoms with Gasteiger partial charge in [-0.25, -0.2) is 8.42 Å². The van der Waals surface area contributed by atoms with Gasteiger partial charge in [0.2, 0.25) is 5.91 Å². The van der Waals surface area contributed by atoms with E-state index in [4.69, 9.17) is 11.6 Å². The Hall–Kier alpha value is -2.05. The molecule has 1 aliphatic rings. The van der Waals surface area contributed by atoms with Gasteiger partial charge in [-0.15, -0.1) is 0 Å². The molecular formula is C18H19ClN2O3S. The highest BCUT2D eigenvalue weighted by Crippen LogP contribution is 2.29. The van der Waals surface area contributed by atoms with E-state index in [0.717, 1.165) is 24.1 Å². The molecular weight excluding hydrogens is 360 g/mol. The number of anilines is 2. The van der Waals surface area contributed by atoms with Crippen LogP contribution in [0.2, 0.25) is 5.02 Å². The molecule has 7 heteroatoms. The fourth-order valence-corrected chi connectivity index (χ4v) is 4.47. The van der Waals surface area contributed by atoms with Crippen LogP contribution in [0.4, 0.5) is 11.4 Å². The van der Waals surface area contributed by atoms with Crippen LogP contribution in [-0.2, 0) is 14.8 Å². The summed E-state index contributed by atoms with van der Waals surface area (Å²) in [6, 6.07) is 11.5. The first-order valence-corrected chi connectivity index (χ1v) is 9.93. The Kier molecular flexibility index (Phi) is 5.01. The van der Waals surface area contributed by atoms with Crippen molar-refractivity contribution in [2.75, 3.05) is 16.2 Å². The average molecular weight is 379 g/mol. The Morgan fingerprint density at radius 1 is 1.12 bits per heavy atom. The summed E-state index contributed by atoms with van der Waals surface area (Å²) < 4.78 is 27.7. The number of aryl methyl sites for hydroxylation is 1. The lowest BCUT2D eigenvalue weighted by molar-refractivity contribution is -0.119. The van der Waals surface area contributed by atoms with E-state index in [1.807, 2.05) is 13.0 Å². The van der Waals surface area contributed by atoms with Gasteiger partial charge in [0, 0.05) is 18.7 Å². The highest BCUT2D eigenvalue weighted by Gasteiger charge is 2.22. The second-order valence-corrected chi connectivity index (χ2v) is 8.10. The summed E-state index contributed by atoms with van der Waals surface area (Å²) >= 11 is 6.00. The Morgan fingerprint density at radius 2 is 1.88 bits per heavy atom. The fraction of sp³-hybridized carbons (Fsp3) is 0.278. The van der Waals surface area contributed by atoms with E-state index in [9.17, 15) is 13.2 Å². The van der Waals surface area contributed by atoms with E-state index in [-0.39, 0.29) is 15.8 Å². The third kappa shape index (κ3) is 3.80. The molecule has 0 saturated carbocycles. The third-order valence-electron chi connectivity index (χ3n) is 4.20. The van der Waals surface area contributed by atoms with E-state index in [0.29, 0.717) is 18.7 Å². The van der Waals surface area contributed by atoms with Gasteiger partial charge in [0.05, 0.1) is 10.7 Å². The van der Waals surface area contributed by atoms with Crippen molar-refractivity contribution >= 4 is 38.9 Å². The number of nitrogens with one attached hydrogen (secondary N) is 1. The van der Waals surface area contributed by atoms with Crippen LogP contribution >= 0.6 is 11.6 Å². The average Bonchev–Trinajstić information content (AvgIpc) is 2.57. The largest absolute Gasteiger partial charge is 0.312 e. The van der Waals surface area contributed by atoms with Crippen LogP contribution in [-0.4, -0.2) is 20.9 Å². The lowest BCUT2D eigenvalue weighted by Crippen LogP contribution is -2.35. The number of nitrogens with zero attached hydrogens (tertiary/aromatic N) is 1. The predicted octanol–water partition coefficient (Wildman–Crippen LogP) is 3.97. The maximum absolute atomic E-state index is 12.6. The quantitative estimate of drug-likeness (QED) is 0.875. The van der Waals surface area contributed by atoms with Crippen molar-refractivity contribution in [3.05, 3.63) is 53.1 Å². The molecule has 1 N–H and O–H groups in total. The molecule has 0 bridgehead atoms. The van der Waals surface area contributed by atoms with Crippen molar-refractivity contribution in [2.24, 2.45) is 0 Å². The number of sulfonamides is 1. The van der Waals surface area contributed by atoms with Gasteiger partial charge in [0.15, 0.2) is 0 Å². The maximum Gasteiger partial charge on any atom is 0.263 e. The molecule has 1 fully saturated rings. The van der Waals surface area contributed by atoms with Crippen molar-refractivity contribution < 1.29 is 13.2 Å². The smallest absolute Gasteiger partial charge is 0.263 e. The molecule has 1 heterocycles. The molecule has 2 aromatic carbocycles. The zero-order valence-corrected chi connectivity index (χ0v) is 15.4. The molecule has 0 unspecified atom stereocenters. The number of amides is 1. The molecule has 0 radical (unpaired) electrons. The second-order valence-electron chi connectivity index (χ2n) is 6.04. The summed E-state index contributed by atoms with van der Waals surface area (Å²) in [5.74, 6) is 0.0699. The van der Waals surface area contributed by atoms with E-state index < -0.39 is 10.0 Å². The molecule has 0 atom stereocenters. The summed E-state index contributed by atoms with van der Waals surface area (Å²) in [6.07, 6.45) is 2.36. The highest BCUT2D eigenvalue weighted by molar-refractivity contribution is 7.92. The third-order valence-corrected chi connectivity index (χ3v) is 6.08. The van der Waals surface area contributed by atoms with Gasteiger partial charge in [-0.3, -0.25) is 9.52 Å². The molecule has 1 aliphatic heterocycles. The molecule has 2 aromatic rings. The van der Waals surface area contributed by atoms with Gasteiger partial charge >= 0.3 is 0 Å². The van der Waals surface area contributed by atoms with Crippen LogP contribution in [0.25, 0.3) is 0 Å². The second kappa shape index (κ2) is 7.06. The van der Waals surface area contributed by atoms with Crippen molar-refractivity contribution in [3.8, 4) is 0 Å². The van der Waals surface area contributed by atoms with Crippen molar-refractivity contribution in [1.29, 1.82) is 0 Å². The summed E-state index contributed by atoms with van der Waals surface area (Å²) in [6.45, 7) is 2.56. The number of piperidine rings is 1. The fourth-order valence-electron chi connectivity index (χ4n) is 2.90. The predicted molar refractivity (Wildman–Crippen MR) is 99.6 cm³/mol. The van der Waals surface area contributed by atoms with Crippen molar-refractivity contribution in [1.82, 2.24) is 0 Å². The van der Waals surface area contributed by atoms with E-state index in [2.05, 4.69) is 4.72 Å². The molecule has 0 spiro atoms. The van der Waals surface area contributed by atoms with Crippen LogP contribution in [0, 0.1) is 6.92 Å². The first-order valence-electron chi connectivity index (χ1n) is 8.07. The lowest BCUT2D eigenvalue weighted by atomic mass is 10.1. The SMILES string of the molecule is Cc1ccc(NS(=O)(=O)c2ccccc2Cl)cc1N1CCCCC1=O. The zero-order chi connectivity index (χ0) is 18.0.